The zero-order valence-corrected chi connectivity index (χ0v) is 10.00. The Hall–Kier alpha value is -0.850. The van der Waals surface area contributed by atoms with Gasteiger partial charge in [0, 0.05) is 4.47 Å². The van der Waals surface area contributed by atoms with E-state index in [1.54, 1.807) is 0 Å². The molecule has 78 valence electrons. The normalized spacial score (nSPS) is 30.1. The van der Waals surface area contributed by atoms with Crippen LogP contribution >= 0.6 is 15.9 Å². The molecule has 0 spiro atoms. The highest BCUT2D eigenvalue weighted by Gasteiger charge is 2.36. The number of hydrogen-bond donors (Lipinski definition) is 1. The topological polar surface area (TPSA) is 49.8 Å². The highest BCUT2D eigenvalue weighted by Crippen LogP contribution is 2.39. The van der Waals surface area contributed by atoms with Gasteiger partial charge in [0.2, 0.25) is 0 Å². The molecule has 1 aliphatic rings. The van der Waals surface area contributed by atoms with E-state index in [2.05, 4.69) is 34.1 Å². The van der Waals surface area contributed by atoms with Crippen molar-refractivity contribution >= 4 is 15.9 Å². The van der Waals surface area contributed by atoms with Crippen LogP contribution in [0.2, 0.25) is 0 Å². The van der Waals surface area contributed by atoms with Crippen LogP contribution in [0.3, 0.4) is 0 Å². The second-order valence-electron chi connectivity index (χ2n) is 4.26. The first kappa shape index (κ1) is 10.7. The molecule has 0 bridgehead atoms. The lowest BCUT2D eigenvalue weighted by atomic mass is 9.94. The molecule has 0 heterocycles. The van der Waals surface area contributed by atoms with Crippen LogP contribution in [0, 0.1) is 11.3 Å². The van der Waals surface area contributed by atoms with Crippen LogP contribution in [0.25, 0.3) is 0 Å². The van der Waals surface area contributed by atoms with Crippen LogP contribution in [0.5, 0.6) is 0 Å². The lowest BCUT2D eigenvalue weighted by Crippen LogP contribution is -2.34. The van der Waals surface area contributed by atoms with Gasteiger partial charge in [0.25, 0.3) is 0 Å². The maximum absolute atomic E-state index is 8.95. The Morgan fingerprint density at radius 3 is 2.60 bits per heavy atom. The van der Waals surface area contributed by atoms with E-state index in [4.69, 9.17) is 11.0 Å². The van der Waals surface area contributed by atoms with Crippen molar-refractivity contribution in [2.24, 2.45) is 5.73 Å². The second-order valence-corrected chi connectivity index (χ2v) is 5.17. The van der Waals surface area contributed by atoms with E-state index in [1.165, 1.54) is 5.56 Å². The number of nitrogens with two attached hydrogens (primary N) is 1. The van der Waals surface area contributed by atoms with Crippen molar-refractivity contribution in [3.8, 4) is 6.07 Å². The summed E-state index contributed by atoms with van der Waals surface area (Å²) in [5.41, 5.74) is 6.64. The molecule has 2 rings (SSSR count). The van der Waals surface area contributed by atoms with Gasteiger partial charge >= 0.3 is 0 Å². The van der Waals surface area contributed by atoms with Crippen molar-refractivity contribution in [1.82, 2.24) is 0 Å². The fourth-order valence-electron chi connectivity index (χ4n) is 2.20. The minimum absolute atomic E-state index is 0.447. The Bertz CT molecular complexity index is 393. The number of benzene rings is 1. The highest BCUT2D eigenvalue weighted by atomic mass is 79.9. The summed E-state index contributed by atoms with van der Waals surface area (Å²) in [6, 6.07) is 10.5. The van der Waals surface area contributed by atoms with Crippen molar-refractivity contribution in [3.63, 3.8) is 0 Å². The first-order chi connectivity index (χ1) is 7.13. The Morgan fingerprint density at radius 2 is 2.07 bits per heavy atom. The molecule has 0 aromatic heterocycles. The minimum atomic E-state index is -0.599. The van der Waals surface area contributed by atoms with Gasteiger partial charge in [0.05, 0.1) is 6.07 Å². The summed E-state index contributed by atoms with van der Waals surface area (Å²) >= 11 is 3.41. The third-order valence-electron chi connectivity index (χ3n) is 3.11. The van der Waals surface area contributed by atoms with Gasteiger partial charge in [-0.05, 0) is 42.9 Å². The van der Waals surface area contributed by atoms with Gasteiger partial charge in [-0.2, -0.15) is 5.26 Å². The first-order valence-electron chi connectivity index (χ1n) is 5.08. The molecular formula is C12H13BrN2. The van der Waals surface area contributed by atoms with E-state index >= 15 is 0 Å². The van der Waals surface area contributed by atoms with Crippen molar-refractivity contribution in [3.05, 3.63) is 34.3 Å². The third kappa shape index (κ3) is 2.22. The van der Waals surface area contributed by atoms with Crippen LogP contribution in [0.15, 0.2) is 28.7 Å². The molecule has 0 amide bonds. The van der Waals surface area contributed by atoms with Crippen LogP contribution in [-0.4, -0.2) is 5.54 Å². The van der Waals surface area contributed by atoms with E-state index in [-0.39, 0.29) is 0 Å². The largest absolute Gasteiger partial charge is 0.313 e. The van der Waals surface area contributed by atoms with Crippen LogP contribution in [-0.2, 0) is 0 Å². The standard InChI is InChI=1S/C12H13BrN2/c13-11-3-1-9(2-4-11)10-5-6-12(15,7-10)8-14/h1-4,10H,5-7,15H2/t10-,12?/m1/s1. The monoisotopic (exact) mass is 264 g/mol. The predicted octanol–water partition coefficient (Wildman–Crippen LogP) is 2.94. The second kappa shape index (κ2) is 3.96. The fraction of sp³-hybridized carbons (Fsp3) is 0.417. The van der Waals surface area contributed by atoms with Crippen LogP contribution < -0.4 is 5.73 Å². The fourth-order valence-corrected chi connectivity index (χ4v) is 2.46. The first-order valence-corrected chi connectivity index (χ1v) is 5.88. The van der Waals surface area contributed by atoms with Gasteiger partial charge in [0.1, 0.15) is 5.54 Å². The number of rotatable bonds is 1. The summed E-state index contributed by atoms with van der Waals surface area (Å²) in [4.78, 5) is 0. The summed E-state index contributed by atoms with van der Waals surface area (Å²) in [6.07, 6.45) is 2.61. The number of halogens is 1. The lowest BCUT2D eigenvalue weighted by molar-refractivity contribution is 0.553. The number of nitriles is 1. The zero-order valence-electron chi connectivity index (χ0n) is 8.41. The van der Waals surface area contributed by atoms with Crippen molar-refractivity contribution in [2.75, 3.05) is 0 Å². The Kier molecular flexibility index (Phi) is 2.81. The summed E-state index contributed by atoms with van der Waals surface area (Å²) in [7, 11) is 0. The maximum Gasteiger partial charge on any atom is 0.104 e. The Morgan fingerprint density at radius 1 is 1.40 bits per heavy atom. The smallest absolute Gasteiger partial charge is 0.104 e. The van der Waals surface area contributed by atoms with Crippen molar-refractivity contribution in [1.29, 1.82) is 5.26 Å². The molecule has 1 aliphatic carbocycles. The summed E-state index contributed by atoms with van der Waals surface area (Å²) < 4.78 is 1.09. The van der Waals surface area contributed by atoms with Gasteiger partial charge < -0.3 is 5.73 Å². The molecule has 15 heavy (non-hydrogen) atoms. The molecule has 0 radical (unpaired) electrons. The van der Waals surface area contributed by atoms with Gasteiger partial charge in [-0.15, -0.1) is 0 Å². The molecule has 1 saturated carbocycles. The maximum atomic E-state index is 8.95. The zero-order chi connectivity index (χ0) is 10.9. The van der Waals surface area contributed by atoms with Crippen LogP contribution in [0.4, 0.5) is 0 Å². The molecule has 1 fully saturated rings. The van der Waals surface area contributed by atoms with E-state index in [0.717, 1.165) is 23.7 Å². The summed E-state index contributed by atoms with van der Waals surface area (Å²) in [6.45, 7) is 0. The van der Waals surface area contributed by atoms with Gasteiger partial charge in [-0.25, -0.2) is 0 Å². The molecule has 1 aromatic carbocycles. The summed E-state index contributed by atoms with van der Waals surface area (Å²) in [5, 5.41) is 8.95. The lowest BCUT2D eigenvalue weighted by Gasteiger charge is -2.14. The van der Waals surface area contributed by atoms with Gasteiger partial charge in [-0.1, -0.05) is 28.1 Å². The highest BCUT2D eigenvalue weighted by molar-refractivity contribution is 9.10. The Labute approximate surface area is 98.2 Å². The van der Waals surface area contributed by atoms with E-state index in [1.807, 2.05) is 12.1 Å². The van der Waals surface area contributed by atoms with Gasteiger partial charge in [-0.3, -0.25) is 0 Å². The molecule has 0 saturated heterocycles. The minimum Gasteiger partial charge on any atom is -0.313 e. The van der Waals surface area contributed by atoms with Gasteiger partial charge in [0.15, 0.2) is 0 Å². The van der Waals surface area contributed by atoms with Crippen molar-refractivity contribution < 1.29 is 0 Å². The number of nitrogens with zero attached hydrogens (tertiary/aromatic N) is 1. The van der Waals surface area contributed by atoms with E-state index in [9.17, 15) is 0 Å². The van der Waals surface area contributed by atoms with E-state index in [0.29, 0.717) is 5.92 Å². The quantitative estimate of drug-likeness (QED) is 0.848. The number of hydrogen-bond acceptors (Lipinski definition) is 2. The molecular weight excluding hydrogens is 252 g/mol. The predicted molar refractivity (Wildman–Crippen MR) is 63.3 cm³/mol. The average molecular weight is 265 g/mol. The molecule has 2 N–H and O–H groups in total. The molecule has 2 nitrogen and oxygen atoms in total. The molecule has 0 aliphatic heterocycles. The molecule has 3 heteroatoms. The van der Waals surface area contributed by atoms with Crippen molar-refractivity contribution in [2.45, 2.75) is 30.7 Å². The Balaban J connectivity index is 2.15. The summed E-state index contributed by atoms with van der Waals surface area (Å²) in [5.74, 6) is 0.447. The molecule has 2 atom stereocenters. The molecule has 1 unspecified atom stereocenters. The van der Waals surface area contributed by atoms with E-state index < -0.39 is 5.54 Å². The molecule has 1 aromatic rings. The third-order valence-corrected chi connectivity index (χ3v) is 3.64. The SMILES string of the molecule is N#CC1(N)CC[C@@H](c2ccc(Br)cc2)C1. The van der Waals surface area contributed by atoms with Crippen LogP contribution in [0.1, 0.15) is 30.7 Å². The average Bonchev–Trinajstić information content (AvgIpc) is 2.63.